The minimum atomic E-state index is -3.14. The minimum absolute atomic E-state index is 0.0357. The number of sulfonamides is 1. The van der Waals surface area contributed by atoms with E-state index in [0.717, 1.165) is 19.3 Å². The summed E-state index contributed by atoms with van der Waals surface area (Å²) in [6.45, 7) is 5.51. The first-order valence-corrected chi connectivity index (χ1v) is 12.3. The Labute approximate surface area is 178 Å². The Kier molecular flexibility index (Phi) is 7.40. The number of halogens is 2. The molecular formula is C20H30ClFN4O2S. The third-order valence-corrected chi connectivity index (χ3v) is 7.86. The number of benzene rings is 1. The number of hydrogen-bond donors (Lipinski definition) is 2. The minimum Gasteiger partial charge on any atom is -0.354 e. The van der Waals surface area contributed by atoms with Crippen LogP contribution in [0.15, 0.2) is 23.2 Å². The highest BCUT2D eigenvalue weighted by atomic mass is 35.5. The summed E-state index contributed by atoms with van der Waals surface area (Å²) in [7, 11) is -3.14. The molecule has 9 heteroatoms. The summed E-state index contributed by atoms with van der Waals surface area (Å²) >= 11 is 6.19. The van der Waals surface area contributed by atoms with E-state index < -0.39 is 10.0 Å². The number of nitrogens with one attached hydrogen (secondary N) is 2. The number of rotatable bonds is 7. The van der Waals surface area contributed by atoms with Crippen LogP contribution in [0.2, 0.25) is 5.02 Å². The third kappa shape index (κ3) is 5.61. The lowest BCUT2D eigenvalue weighted by Gasteiger charge is -2.32. The topological polar surface area (TPSA) is 73.8 Å². The van der Waals surface area contributed by atoms with Gasteiger partial charge in [0.05, 0.1) is 5.75 Å². The number of aliphatic imine (C=N–C) groups is 1. The van der Waals surface area contributed by atoms with E-state index >= 15 is 0 Å². The summed E-state index contributed by atoms with van der Waals surface area (Å²) in [5.41, 5.74) is 0.567. The van der Waals surface area contributed by atoms with Crippen molar-refractivity contribution in [2.45, 2.75) is 57.5 Å². The highest BCUT2D eigenvalue weighted by molar-refractivity contribution is 7.89. The molecule has 3 rings (SSSR count). The van der Waals surface area contributed by atoms with Crippen LogP contribution in [-0.2, 0) is 10.0 Å². The van der Waals surface area contributed by atoms with Gasteiger partial charge in [-0.25, -0.2) is 17.1 Å². The maximum absolute atomic E-state index is 14.1. The zero-order valence-electron chi connectivity index (χ0n) is 17.0. The standard InChI is InChI=1S/C20H30ClFN4O2S/c1-3-12-29(27,28)26-10-8-14(9-11-26)24-20(23-4-2)25-18-13-15(18)19-16(21)6-5-7-17(19)22/h5-7,14-15,18H,3-4,8-13H2,1-2H3,(H2,23,24,25). The van der Waals surface area contributed by atoms with Crippen molar-refractivity contribution >= 4 is 27.6 Å². The third-order valence-electron chi connectivity index (χ3n) is 5.45. The van der Waals surface area contributed by atoms with Crippen LogP contribution in [0.3, 0.4) is 0 Å². The first-order chi connectivity index (χ1) is 13.9. The molecule has 29 heavy (non-hydrogen) atoms. The fourth-order valence-corrected chi connectivity index (χ4v) is 5.71. The fourth-order valence-electron chi connectivity index (χ4n) is 3.86. The zero-order chi connectivity index (χ0) is 21.0. The van der Waals surface area contributed by atoms with Gasteiger partial charge in [0.15, 0.2) is 5.96 Å². The Hall–Kier alpha value is -1.38. The molecule has 1 aromatic rings. The predicted molar refractivity (Wildman–Crippen MR) is 115 cm³/mol. The second-order valence-corrected chi connectivity index (χ2v) is 10.2. The maximum Gasteiger partial charge on any atom is 0.214 e. The smallest absolute Gasteiger partial charge is 0.214 e. The van der Waals surface area contributed by atoms with Crippen LogP contribution in [0.5, 0.6) is 0 Å². The van der Waals surface area contributed by atoms with Crippen LogP contribution in [0, 0.1) is 5.82 Å². The van der Waals surface area contributed by atoms with Crippen molar-refractivity contribution in [2.24, 2.45) is 4.99 Å². The molecule has 2 atom stereocenters. The number of piperidine rings is 1. The van der Waals surface area contributed by atoms with Crippen LogP contribution in [0.25, 0.3) is 0 Å². The molecule has 1 heterocycles. The lowest BCUT2D eigenvalue weighted by molar-refractivity contribution is 0.306. The Morgan fingerprint density at radius 3 is 2.62 bits per heavy atom. The van der Waals surface area contributed by atoms with Crippen LogP contribution in [-0.4, -0.2) is 56.2 Å². The average molecular weight is 445 g/mol. The van der Waals surface area contributed by atoms with Crippen LogP contribution < -0.4 is 10.6 Å². The van der Waals surface area contributed by atoms with E-state index in [1.54, 1.807) is 16.4 Å². The maximum atomic E-state index is 14.1. The van der Waals surface area contributed by atoms with Crippen molar-refractivity contribution in [3.05, 3.63) is 34.6 Å². The number of nitrogens with zero attached hydrogens (tertiary/aromatic N) is 2. The Bertz CT molecular complexity index is 821. The molecule has 6 nitrogen and oxygen atoms in total. The van der Waals surface area contributed by atoms with E-state index in [2.05, 4.69) is 15.6 Å². The molecule has 1 aromatic carbocycles. The van der Waals surface area contributed by atoms with Gasteiger partial charge in [0.25, 0.3) is 0 Å². The van der Waals surface area contributed by atoms with Gasteiger partial charge in [-0.2, -0.15) is 0 Å². The second-order valence-electron chi connectivity index (χ2n) is 7.68. The van der Waals surface area contributed by atoms with Gasteiger partial charge in [-0.05, 0) is 44.7 Å². The predicted octanol–water partition coefficient (Wildman–Crippen LogP) is 3.09. The van der Waals surface area contributed by atoms with Gasteiger partial charge < -0.3 is 10.6 Å². The van der Waals surface area contributed by atoms with E-state index in [1.165, 1.54) is 6.07 Å². The fraction of sp³-hybridized carbons (Fsp3) is 0.650. The lowest BCUT2D eigenvalue weighted by Crippen LogP contribution is -2.50. The van der Waals surface area contributed by atoms with Gasteiger partial charge in [-0.3, -0.25) is 4.99 Å². The molecule has 1 saturated heterocycles. The van der Waals surface area contributed by atoms with Crippen molar-refractivity contribution in [1.29, 1.82) is 0 Å². The largest absolute Gasteiger partial charge is 0.354 e. The quantitative estimate of drug-likeness (QED) is 0.500. The van der Waals surface area contributed by atoms with E-state index in [4.69, 9.17) is 11.6 Å². The molecule has 1 saturated carbocycles. The van der Waals surface area contributed by atoms with Crippen LogP contribution >= 0.6 is 11.6 Å². The lowest BCUT2D eigenvalue weighted by atomic mass is 10.1. The monoisotopic (exact) mass is 444 g/mol. The van der Waals surface area contributed by atoms with Crippen molar-refractivity contribution in [1.82, 2.24) is 14.9 Å². The van der Waals surface area contributed by atoms with Crippen molar-refractivity contribution in [3.8, 4) is 0 Å². The second kappa shape index (κ2) is 9.62. The molecular weight excluding hydrogens is 415 g/mol. The molecule has 0 bridgehead atoms. The molecule has 2 unspecified atom stereocenters. The first kappa shape index (κ1) is 22.3. The molecule has 2 fully saturated rings. The number of hydrogen-bond acceptors (Lipinski definition) is 3. The highest BCUT2D eigenvalue weighted by Crippen LogP contribution is 2.44. The molecule has 2 aliphatic rings. The molecule has 0 spiro atoms. The molecule has 2 N–H and O–H groups in total. The van der Waals surface area contributed by atoms with Gasteiger partial charge in [-0.15, -0.1) is 0 Å². The molecule has 1 aliphatic carbocycles. The summed E-state index contributed by atoms with van der Waals surface area (Å²) in [5, 5.41) is 7.27. The van der Waals surface area contributed by atoms with Crippen molar-refractivity contribution < 1.29 is 12.8 Å². The van der Waals surface area contributed by atoms with Crippen molar-refractivity contribution in [2.75, 3.05) is 25.4 Å². The summed E-state index contributed by atoms with van der Waals surface area (Å²) in [6.07, 6.45) is 2.91. The Balaban J connectivity index is 1.54. The Morgan fingerprint density at radius 2 is 2.00 bits per heavy atom. The molecule has 0 aromatic heterocycles. The molecule has 162 valence electrons. The Morgan fingerprint density at radius 1 is 1.28 bits per heavy atom. The van der Waals surface area contributed by atoms with Crippen molar-refractivity contribution in [3.63, 3.8) is 0 Å². The average Bonchev–Trinajstić information content (AvgIpc) is 3.40. The van der Waals surface area contributed by atoms with E-state index in [-0.39, 0.29) is 29.6 Å². The van der Waals surface area contributed by atoms with Gasteiger partial charge >= 0.3 is 0 Å². The van der Waals surface area contributed by atoms with Gasteiger partial charge in [0, 0.05) is 48.2 Å². The SMILES string of the molecule is CCCS(=O)(=O)N1CCC(NC(=NCC)NC2CC2c2c(F)cccc2Cl)CC1. The zero-order valence-corrected chi connectivity index (χ0v) is 18.6. The normalized spacial score (nSPS) is 23.8. The van der Waals surface area contributed by atoms with Crippen LogP contribution in [0.4, 0.5) is 4.39 Å². The highest BCUT2D eigenvalue weighted by Gasteiger charge is 2.42. The van der Waals surface area contributed by atoms with Crippen LogP contribution in [0.1, 0.15) is 51.0 Å². The van der Waals surface area contributed by atoms with Gasteiger partial charge in [0.1, 0.15) is 5.82 Å². The number of guanidine groups is 1. The van der Waals surface area contributed by atoms with Gasteiger partial charge in [-0.1, -0.05) is 24.6 Å². The summed E-state index contributed by atoms with van der Waals surface area (Å²) < 4.78 is 40.2. The van der Waals surface area contributed by atoms with E-state index in [9.17, 15) is 12.8 Å². The molecule has 0 radical (unpaired) electrons. The summed E-state index contributed by atoms with van der Waals surface area (Å²) in [4.78, 5) is 4.50. The van der Waals surface area contributed by atoms with Gasteiger partial charge in [0.2, 0.25) is 10.0 Å². The summed E-state index contributed by atoms with van der Waals surface area (Å²) in [5.74, 6) is 0.668. The molecule has 1 aliphatic heterocycles. The van der Waals surface area contributed by atoms with E-state index in [1.807, 2.05) is 13.8 Å². The molecule has 0 amide bonds. The summed E-state index contributed by atoms with van der Waals surface area (Å²) in [6, 6.07) is 5.03. The first-order valence-electron chi connectivity index (χ1n) is 10.3. The van der Waals surface area contributed by atoms with E-state index in [0.29, 0.717) is 42.6 Å².